The van der Waals surface area contributed by atoms with Crippen molar-refractivity contribution in [2.24, 2.45) is 0 Å². The Morgan fingerprint density at radius 3 is 2.42 bits per heavy atom. The summed E-state index contributed by atoms with van der Waals surface area (Å²) in [4.78, 5) is 16.8. The van der Waals surface area contributed by atoms with Crippen LogP contribution in [0.2, 0.25) is 0 Å². The van der Waals surface area contributed by atoms with Gasteiger partial charge in [-0.1, -0.05) is 24.3 Å². The van der Waals surface area contributed by atoms with E-state index in [4.69, 9.17) is 9.47 Å². The highest BCUT2D eigenvalue weighted by Gasteiger charge is 2.13. The number of pyridine rings is 1. The minimum atomic E-state index is -0.230. The lowest BCUT2D eigenvalue weighted by atomic mass is 10.1. The van der Waals surface area contributed by atoms with Crippen LogP contribution in [0.5, 0.6) is 17.2 Å². The number of carbonyl (C=O) groups excluding carboxylic acids is 1. The maximum Gasteiger partial charge on any atom is 0.251 e. The summed E-state index contributed by atoms with van der Waals surface area (Å²) in [5.41, 5.74) is 1.29. The van der Waals surface area contributed by atoms with Gasteiger partial charge in [0.1, 0.15) is 17.2 Å². The lowest BCUT2D eigenvalue weighted by molar-refractivity contribution is 0.0939. The van der Waals surface area contributed by atoms with Crippen LogP contribution in [0, 0.1) is 0 Å². The van der Waals surface area contributed by atoms with E-state index in [-0.39, 0.29) is 11.9 Å². The summed E-state index contributed by atoms with van der Waals surface area (Å²) in [7, 11) is 1.59. The molecule has 0 fully saturated rings. The first-order valence-corrected chi connectivity index (χ1v) is 8.29. The van der Waals surface area contributed by atoms with Crippen LogP contribution >= 0.6 is 0 Å². The third-order valence-electron chi connectivity index (χ3n) is 3.86. The van der Waals surface area contributed by atoms with Gasteiger partial charge in [-0.25, -0.2) is 0 Å². The lowest BCUT2D eigenvalue weighted by Gasteiger charge is -2.14. The molecular weight excluding hydrogens is 328 g/mol. The van der Waals surface area contributed by atoms with Crippen LogP contribution in [0.1, 0.15) is 29.0 Å². The summed E-state index contributed by atoms with van der Waals surface area (Å²) in [6.07, 6.45) is 1.63. The Kier molecular flexibility index (Phi) is 5.49. The molecule has 0 bridgehead atoms. The SMILES string of the molecule is COc1ccc([C@@H](C)NC(=O)c2cccc(Oc3ccccc3)c2)nc1. The number of hydrogen-bond donors (Lipinski definition) is 1. The Morgan fingerprint density at radius 1 is 0.962 bits per heavy atom. The van der Waals surface area contributed by atoms with Gasteiger partial charge in [-0.15, -0.1) is 0 Å². The molecule has 26 heavy (non-hydrogen) atoms. The topological polar surface area (TPSA) is 60.5 Å². The van der Waals surface area contributed by atoms with Gasteiger partial charge >= 0.3 is 0 Å². The second-order valence-electron chi connectivity index (χ2n) is 5.76. The Bertz CT molecular complexity index is 864. The molecular formula is C21H20N2O3. The summed E-state index contributed by atoms with van der Waals surface area (Å²) in [6, 6.07) is 20.0. The number of nitrogens with zero attached hydrogens (tertiary/aromatic N) is 1. The number of rotatable bonds is 6. The van der Waals surface area contributed by atoms with Gasteiger partial charge in [0.15, 0.2) is 0 Å². The lowest BCUT2D eigenvalue weighted by Crippen LogP contribution is -2.27. The van der Waals surface area contributed by atoms with Crippen molar-refractivity contribution in [3.05, 3.63) is 84.2 Å². The van der Waals surface area contributed by atoms with Crippen LogP contribution in [0.4, 0.5) is 0 Å². The predicted molar refractivity (Wildman–Crippen MR) is 99.6 cm³/mol. The van der Waals surface area contributed by atoms with E-state index in [1.807, 2.05) is 55.5 Å². The molecule has 1 aromatic heterocycles. The molecule has 2 aromatic carbocycles. The second-order valence-corrected chi connectivity index (χ2v) is 5.76. The molecule has 0 saturated carbocycles. The highest BCUT2D eigenvalue weighted by Crippen LogP contribution is 2.22. The molecule has 0 spiro atoms. The summed E-state index contributed by atoms with van der Waals surface area (Å²) >= 11 is 0. The number of carbonyl (C=O) groups is 1. The number of nitrogens with one attached hydrogen (secondary N) is 1. The van der Waals surface area contributed by atoms with Gasteiger partial charge in [0.2, 0.25) is 0 Å². The van der Waals surface area contributed by atoms with Crippen molar-refractivity contribution in [3.8, 4) is 17.2 Å². The molecule has 5 heteroatoms. The quantitative estimate of drug-likeness (QED) is 0.718. The molecule has 3 rings (SSSR count). The van der Waals surface area contributed by atoms with Crippen LogP contribution < -0.4 is 14.8 Å². The van der Waals surface area contributed by atoms with E-state index in [0.29, 0.717) is 17.1 Å². The van der Waals surface area contributed by atoms with E-state index >= 15 is 0 Å². The van der Waals surface area contributed by atoms with Gasteiger partial charge in [0, 0.05) is 5.56 Å². The highest BCUT2D eigenvalue weighted by atomic mass is 16.5. The van der Waals surface area contributed by atoms with Gasteiger partial charge in [0.05, 0.1) is 25.0 Å². The normalized spacial score (nSPS) is 11.5. The molecule has 0 aliphatic heterocycles. The van der Waals surface area contributed by atoms with Crippen LogP contribution in [-0.4, -0.2) is 18.0 Å². The maximum absolute atomic E-state index is 12.5. The molecule has 0 aliphatic rings. The second kappa shape index (κ2) is 8.16. The average Bonchev–Trinajstić information content (AvgIpc) is 2.69. The molecule has 0 radical (unpaired) electrons. The van der Waals surface area contributed by atoms with E-state index in [0.717, 1.165) is 11.4 Å². The average molecular weight is 348 g/mol. The van der Waals surface area contributed by atoms with Gasteiger partial charge < -0.3 is 14.8 Å². The van der Waals surface area contributed by atoms with Crippen molar-refractivity contribution in [2.45, 2.75) is 13.0 Å². The van der Waals surface area contributed by atoms with Gasteiger partial charge in [0.25, 0.3) is 5.91 Å². The maximum atomic E-state index is 12.5. The number of benzene rings is 2. The first-order chi connectivity index (χ1) is 12.7. The first kappa shape index (κ1) is 17.5. The summed E-state index contributed by atoms with van der Waals surface area (Å²) in [5, 5.41) is 2.94. The number of amides is 1. The zero-order chi connectivity index (χ0) is 18.4. The van der Waals surface area contributed by atoms with Crippen LogP contribution in [0.15, 0.2) is 72.9 Å². The fraction of sp³-hybridized carbons (Fsp3) is 0.143. The number of aromatic nitrogens is 1. The van der Waals surface area contributed by atoms with Crippen molar-refractivity contribution in [2.75, 3.05) is 7.11 Å². The van der Waals surface area contributed by atoms with Crippen molar-refractivity contribution in [1.82, 2.24) is 10.3 Å². The molecule has 1 N–H and O–H groups in total. The summed E-state index contributed by atoms with van der Waals surface area (Å²) in [6.45, 7) is 1.89. The van der Waals surface area contributed by atoms with Crippen molar-refractivity contribution >= 4 is 5.91 Å². The minimum absolute atomic E-state index is 0.186. The van der Waals surface area contributed by atoms with E-state index in [9.17, 15) is 4.79 Å². The van der Waals surface area contributed by atoms with Crippen molar-refractivity contribution in [3.63, 3.8) is 0 Å². The molecule has 1 atom stereocenters. The molecule has 1 amide bonds. The van der Waals surface area contributed by atoms with E-state index in [1.165, 1.54) is 0 Å². The molecule has 3 aromatic rings. The van der Waals surface area contributed by atoms with E-state index in [2.05, 4.69) is 10.3 Å². The van der Waals surface area contributed by atoms with Gasteiger partial charge in [-0.3, -0.25) is 9.78 Å². The third kappa shape index (κ3) is 4.39. The molecule has 132 valence electrons. The fourth-order valence-corrected chi connectivity index (χ4v) is 2.45. The molecule has 0 aliphatic carbocycles. The van der Waals surface area contributed by atoms with Gasteiger partial charge in [-0.2, -0.15) is 0 Å². The van der Waals surface area contributed by atoms with Gasteiger partial charge in [-0.05, 0) is 49.4 Å². The van der Waals surface area contributed by atoms with Crippen molar-refractivity contribution < 1.29 is 14.3 Å². The largest absolute Gasteiger partial charge is 0.495 e. The monoisotopic (exact) mass is 348 g/mol. The van der Waals surface area contributed by atoms with Crippen LogP contribution in [-0.2, 0) is 0 Å². The number of hydrogen-bond acceptors (Lipinski definition) is 4. The summed E-state index contributed by atoms with van der Waals surface area (Å²) in [5.74, 6) is 1.83. The predicted octanol–water partition coefficient (Wildman–Crippen LogP) is 4.37. The van der Waals surface area contributed by atoms with Crippen molar-refractivity contribution in [1.29, 1.82) is 0 Å². The zero-order valence-corrected chi connectivity index (χ0v) is 14.7. The number of methoxy groups -OCH3 is 1. The Labute approximate surface area is 152 Å². The summed E-state index contributed by atoms with van der Waals surface area (Å²) < 4.78 is 10.9. The molecule has 0 unspecified atom stereocenters. The number of para-hydroxylation sites is 1. The molecule has 1 heterocycles. The fourth-order valence-electron chi connectivity index (χ4n) is 2.45. The van der Waals surface area contributed by atoms with Crippen LogP contribution in [0.25, 0.3) is 0 Å². The Hall–Kier alpha value is -3.34. The Morgan fingerprint density at radius 2 is 1.73 bits per heavy atom. The smallest absolute Gasteiger partial charge is 0.251 e. The highest BCUT2D eigenvalue weighted by molar-refractivity contribution is 5.94. The molecule has 5 nitrogen and oxygen atoms in total. The standard InChI is InChI=1S/C21H20N2O3/c1-15(20-12-11-19(25-2)14-22-20)23-21(24)16-7-6-10-18(13-16)26-17-8-4-3-5-9-17/h3-15H,1-2H3,(H,23,24)/t15-/m1/s1. The minimum Gasteiger partial charge on any atom is -0.495 e. The molecule has 0 saturated heterocycles. The Balaban J connectivity index is 1.68. The number of ether oxygens (including phenoxy) is 2. The first-order valence-electron chi connectivity index (χ1n) is 8.29. The van der Waals surface area contributed by atoms with E-state index in [1.54, 1.807) is 31.5 Å². The zero-order valence-electron chi connectivity index (χ0n) is 14.7. The van der Waals surface area contributed by atoms with E-state index < -0.39 is 0 Å². The third-order valence-corrected chi connectivity index (χ3v) is 3.86. The van der Waals surface area contributed by atoms with Crippen LogP contribution in [0.3, 0.4) is 0 Å².